The van der Waals surface area contributed by atoms with E-state index in [1.54, 1.807) is 0 Å². The highest BCUT2D eigenvalue weighted by Gasteiger charge is 2.21. The van der Waals surface area contributed by atoms with Crippen molar-refractivity contribution >= 4 is 11.6 Å². The minimum Gasteiger partial charge on any atom is -0.0843 e. The van der Waals surface area contributed by atoms with E-state index in [0.29, 0.717) is 11.3 Å². The molecule has 0 radical (unpaired) electrons. The summed E-state index contributed by atoms with van der Waals surface area (Å²) in [6.45, 7) is 9.02. The molecule has 1 rings (SSSR count). The van der Waals surface area contributed by atoms with Gasteiger partial charge >= 0.3 is 0 Å². The molecule has 1 aromatic rings. The van der Waals surface area contributed by atoms with Crippen molar-refractivity contribution in [1.82, 2.24) is 0 Å². The zero-order valence-corrected chi connectivity index (χ0v) is 9.52. The fourth-order valence-corrected chi connectivity index (χ4v) is 1.38. The molecule has 72 valence electrons. The van der Waals surface area contributed by atoms with Crippen LogP contribution in [0, 0.1) is 5.41 Å². The summed E-state index contributed by atoms with van der Waals surface area (Å²) >= 11 is 5.83. The molecule has 0 spiro atoms. The number of benzene rings is 1. The zero-order valence-electron chi connectivity index (χ0n) is 8.76. The molecular formula is C12H17Cl. The van der Waals surface area contributed by atoms with Gasteiger partial charge in [0.2, 0.25) is 0 Å². The molecule has 1 atom stereocenters. The minimum atomic E-state index is 0.313. The quantitative estimate of drug-likeness (QED) is 0.621. The van der Waals surface area contributed by atoms with Crippen molar-refractivity contribution < 1.29 is 0 Å². The van der Waals surface area contributed by atoms with Gasteiger partial charge in [0.15, 0.2) is 0 Å². The van der Waals surface area contributed by atoms with Gasteiger partial charge in [-0.3, -0.25) is 0 Å². The van der Waals surface area contributed by atoms with Gasteiger partial charge in [0.1, 0.15) is 0 Å². The highest BCUT2D eigenvalue weighted by Crippen LogP contribution is 2.34. The van der Waals surface area contributed by atoms with Crippen LogP contribution < -0.4 is 0 Å². The summed E-state index contributed by atoms with van der Waals surface area (Å²) < 4.78 is 0. The van der Waals surface area contributed by atoms with Gasteiger partial charge in [0.05, 0.1) is 0 Å². The van der Waals surface area contributed by atoms with Gasteiger partial charge in [-0.2, -0.15) is 0 Å². The largest absolute Gasteiger partial charge is 0.0843 e. The maximum atomic E-state index is 5.83. The Kier molecular flexibility index (Phi) is 3.02. The molecule has 0 heterocycles. The van der Waals surface area contributed by atoms with E-state index in [9.17, 15) is 0 Å². The average Bonchev–Trinajstić information content (AvgIpc) is 2.03. The van der Waals surface area contributed by atoms with E-state index in [1.165, 1.54) is 5.56 Å². The van der Waals surface area contributed by atoms with Gasteiger partial charge in [0, 0.05) is 5.02 Å². The molecule has 1 heteroatoms. The molecule has 1 aromatic carbocycles. The topological polar surface area (TPSA) is 0 Å². The lowest BCUT2D eigenvalue weighted by Crippen LogP contribution is -2.14. The van der Waals surface area contributed by atoms with Crippen LogP contribution in [0.3, 0.4) is 0 Å². The molecule has 0 N–H and O–H groups in total. The van der Waals surface area contributed by atoms with Gasteiger partial charge in [-0.1, -0.05) is 51.4 Å². The maximum Gasteiger partial charge on any atom is 0.0406 e. The van der Waals surface area contributed by atoms with Crippen LogP contribution in [0.5, 0.6) is 0 Å². The monoisotopic (exact) mass is 196 g/mol. The zero-order chi connectivity index (χ0) is 10.1. The predicted octanol–water partition coefficient (Wildman–Crippen LogP) is 4.49. The first-order valence-electron chi connectivity index (χ1n) is 4.67. The Labute approximate surface area is 85.9 Å². The van der Waals surface area contributed by atoms with E-state index in [0.717, 1.165) is 5.02 Å². The molecule has 0 nitrogen and oxygen atoms in total. The first-order valence-corrected chi connectivity index (χ1v) is 5.04. The molecule has 0 aliphatic carbocycles. The van der Waals surface area contributed by atoms with Gasteiger partial charge in [-0.15, -0.1) is 0 Å². The van der Waals surface area contributed by atoms with Gasteiger partial charge in [-0.05, 0) is 29.0 Å². The van der Waals surface area contributed by atoms with Crippen LogP contribution in [0.25, 0.3) is 0 Å². The first kappa shape index (κ1) is 10.6. The smallest absolute Gasteiger partial charge is 0.0406 e. The van der Waals surface area contributed by atoms with Crippen LogP contribution in [0.4, 0.5) is 0 Å². The summed E-state index contributed by atoms with van der Waals surface area (Å²) in [7, 11) is 0. The Balaban J connectivity index is 2.90. The predicted molar refractivity (Wildman–Crippen MR) is 59.3 cm³/mol. The van der Waals surface area contributed by atoms with Gasteiger partial charge in [-0.25, -0.2) is 0 Å². The molecular weight excluding hydrogens is 180 g/mol. The van der Waals surface area contributed by atoms with E-state index in [-0.39, 0.29) is 0 Å². The summed E-state index contributed by atoms with van der Waals surface area (Å²) in [5, 5.41) is 0.810. The van der Waals surface area contributed by atoms with Gasteiger partial charge < -0.3 is 0 Å². The summed E-state index contributed by atoms with van der Waals surface area (Å²) in [5.74, 6) is 0.560. The number of rotatable bonds is 1. The SMILES string of the molecule is C[C@@H](c1ccc(Cl)cc1)C(C)(C)C. The molecule has 0 bridgehead atoms. The molecule has 0 aromatic heterocycles. The molecule has 0 amide bonds. The third-order valence-corrected chi connectivity index (χ3v) is 2.92. The second-order valence-corrected chi connectivity index (χ2v) is 5.08. The average molecular weight is 197 g/mol. The van der Waals surface area contributed by atoms with Crippen molar-refractivity contribution in [2.24, 2.45) is 5.41 Å². The third-order valence-electron chi connectivity index (χ3n) is 2.67. The van der Waals surface area contributed by atoms with Crippen molar-refractivity contribution in [3.8, 4) is 0 Å². The van der Waals surface area contributed by atoms with Gasteiger partial charge in [0.25, 0.3) is 0 Å². The third kappa shape index (κ3) is 2.73. The van der Waals surface area contributed by atoms with Crippen molar-refractivity contribution in [2.75, 3.05) is 0 Å². The second kappa shape index (κ2) is 3.71. The van der Waals surface area contributed by atoms with E-state index < -0.39 is 0 Å². The van der Waals surface area contributed by atoms with Crippen LogP contribution in [0.15, 0.2) is 24.3 Å². The first-order chi connectivity index (χ1) is 5.91. The Morgan fingerprint density at radius 2 is 1.54 bits per heavy atom. The molecule has 0 aliphatic rings. The van der Waals surface area contributed by atoms with Crippen LogP contribution in [0.1, 0.15) is 39.2 Å². The van der Waals surface area contributed by atoms with Crippen LogP contribution in [-0.2, 0) is 0 Å². The fourth-order valence-electron chi connectivity index (χ4n) is 1.25. The highest BCUT2D eigenvalue weighted by atomic mass is 35.5. The molecule has 13 heavy (non-hydrogen) atoms. The van der Waals surface area contributed by atoms with Crippen LogP contribution in [0.2, 0.25) is 5.02 Å². The summed E-state index contributed by atoms with van der Waals surface area (Å²) in [4.78, 5) is 0. The van der Waals surface area contributed by atoms with Crippen LogP contribution >= 0.6 is 11.6 Å². The molecule has 0 fully saturated rings. The number of hydrogen-bond acceptors (Lipinski definition) is 0. The van der Waals surface area contributed by atoms with E-state index in [1.807, 2.05) is 12.1 Å². The molecule has 0 aliphatic heterocycles. The van der Waals surface area contributed by atoms with E-state index >= 15 is 0 Å². The lowest BCUT2D eigenvalue weighted by molar-refractivity contribution is 0.339. The highest BCUT2D eigenvalue weighted by molar-refractivity contribution is 6.30. The summed E-state index contributed by atoms with van der Waals surface area (Å²) in [6, 6.07) is 8.13. The number of hydrogen-bond donors (Lipinski definition) is 0. The summed E-state index contributed by atoms with van der Waals surface area (Å²) in [5.41, 5.74) is 1.67. The summed E-state index contributed by atoms with van der Waals surface area (Å²) in [6.07, 6.45) is 0. The number of halogens is 1. The van der Waals surface area contributed by atoms with Crippen molar-refractivity contribution in [1.29, 1.82) is 0 Å². The Bertz CT molecular complexity index is 266. The minimum absolute atomic E-state index is 0.313. The van der Waals surface area contributed by atoms with Crippen LogP contribution in [-0.4, -0.2) is 0 Å². The Morgan fingerprint density at radius 1 is 1.08 bits per heavy atom. The fraction of sp³-hybridized carbons (Fsp3) is 0.500. The Morgan fingerprint density at radius 3 is 1.92 bits per heavy atom. The standard InChI is InChI=1S/C12H17Cl/c1-9(12(2,3)4)10-5-7-11(13)8-6-10/h5-9H,1-4H3/t9-/m0/s1. The second-order valence-electron chi connectivity index (χ2n) is 4.64. The van der Waals surface area contributed by atoms with Crippen molar-refractivity contribution in [2.45, 2.75) is 33.6 Å². The van der Waals surface area contributed by atoms with E-state index in [4.69, 9.17) is 11.6 Å². The molecule has 0 saturated carbocycles. The van der Waals surface area contributed by atoms with Crippen molar-refractivity contribution in [3.05, 3.63) is 34.9 Å². The lowest BCUT2D eigenvalue weighted by atomic mass is 9.78. The maximum absolute atomic E-state index is 5.83. The molecule has 0 saturated heterocycles. The van der Waals surface area contributed by atoms with Crippen molar-refractivity contribution in [3.63, 3.8) is 0 Å². The normalized spacial score (nSPS) is 14.2. The lowest BCUT2D eigenvalue weighted by Gasteiger charge is -2.27. The Hall–Kier alpha value is -0.490. The molecule has 0 unspecified atom stereocenters. The van der Waals surface area contributed by atoms with E-state index in [2.05, 4.69) is 39.8 Å².